The Hall–Kier alpha value is -3.67. The van der Waals surface area contributed by atoms with Crippen LogP contribution in [0.25, 0.3) is 0 Å². The number of ether oxygens (including phenoxy) is 3. The topological polar surface area (TPSA) is 78.9 Å². The van der Waals surface area contributed by atoms with Gasteiger partial charge in [-0.2, -0.15) is 0 Å². The first-order valence-electron chi connectivity index (χ1n) is 35.2. The van der Waals surface area contributed by atoms with Crippen molar-refractivity contribution in [1.82, 2.24) is 0 Å². The molecule has 6 nitrogen and oxygen atoms in total. The Morgan fingerprint density at radius 1 is 0.256 bits per heavy atom. The second kappa shape index (κ2) is 69.8. The van der Waals surface area contributed by atoms with E-state index >= 15 is 0 Å². The molecule has 1 unspecified atom stereocenters. The summed E-state index contributed by atoms with van der Waals surface area (Å²) >= 11 is 0. The number of rotatable bonds is 64. The van der Waals surface area contributed by atoms with Crippen molar-refractivity contribution in [1.29, 1.82) is 0 Å². The molecule has 0 bridgehead atoms. The van der Waals surface area contributed by atoms with Crippen LogP contribution in [0, 0.1) is 0 Å². The summed E-state index contributed by atoms with van der Waals surface area (Å²) in [5.74, 6) is -0.882. The molecule has 0 fully saturated rings. The fraction of sp³-hybridized carbons (Fsp3) is 0.750. The molecule has 6 heteroatoms. The first kappa shape index (κ1) is 78.3. The quantitative estimate of drug-likeness (QED) is 0.0261. The molecule has 0 aliphatic rings. The lowest BCUT2D eigenvalue weighted by Crippen LogP contribution is -2.30. The minimum absolute atomic E-state index is 0.0817. The van der Waals surface area contributed by atoms with E-state index in [-0.39, 0.29) is 31.1 Å². The second-order valence-electron chi connectivity index (χ2n) is 23.4. The summed E-state index contributed by atoms with van der Waals surface area (Å²) in [4.78, 5) is 38.5. The van der Waals surface area contributed by atoms with Crippen LogP contribution in [0.2, 0.25) is 0 Å². The maximum Gasteiger partial charge on any atom is 0.306 e. The maximum atomic E-state index is 13.0. The normalized spacial score (nSPS) is 12.7. The van der Waals surface area contributed by atoms with Gasteiger partial charge in [0.25, 0.3) is 0 Å². The van der Waals surface area contributed by atoms with Gasteiger partial charge >= 0.3 is 17.9 Å². The molecule has 82 heavy (non-hydrogen) atoms. The molecule has 0 heterocycles. The highest BCUT2D eigenvalue weighted by Gasteiger charge is 2.19. The number of unbranched alkanes of at least 4 members (excludes halogenated alkanes) is 37. The molecule has 0 aliphatic carbocycles. The van der Waals surface area contributed by atoms with Crippen molar-refractivity contribution in [2.75, 3.05) is 13.2 Å². The highest BCUT2D eigenvalue weighted by molar-refractivity contribution is 5.71. The van der Waals surface area contributed by atoms with Gasteiger partial charge < -0.3 is 14.2 Å². The van der Waals surface area contributed by atoms with Gasteiger partial charge in [-0.25, -0.2) is 0 Å². The monoisotopic (exact) mass is 1140 g/mol. The lowest BCUT2D eigenvalue weighted by molar-refractivity contribution is -0.167. The fourth-order valence-corrected chi connectivity index (χ4v) is 10.1. The summed E-state index contributed by atoms with van der Waals surface area (Å²) in [6, 6.07) is 0. The molecule has 0 N–H and O–H groups in total. The van der Waals surface area contributed by atoms with Gasteiger partial charge in [0.2, 0.25) is 0 Å². The average molecular weight is 1140 g/mol. The number of hydrogen-bond acceptors (Lipinski definition) is 6. The standard InChI is InChI=1S/C76H132O6/c1-4-7-10-13-16-19-22-25-28-31-34-36-37-38-39-40-43-45-48-51-54-57-60-63-66-69-75(78)81-72-73(71-80-74(77)68-65-62-59-56-53-50-47-44-41-33-30-27-24-21-18-15-12-9-6-3)82-76(79)70-67-64-61-58-55-52-49-46-42-35-32-29-26-23-20-17-14-11-8-5-2/h7,10,16,18-19,21,25,27-28,30,34,36,38-39,43,45,73H,4-6,8-9,11-15,17,20,22-24,26,29,31-33,35,37,40-42,44,46-72H2,1-3H3/b10-7-,19-16-,21-18-,28-25-,30-27-,36-34-,39-38-,45-43-. The summed E-state index contributed by atoms with van der Waals surface area (Å²) in [7, 11) is 0. The molecule has 1 atom stereocenters. The van der Waals surface area contributed by atoms with Crippen molar-refractivity contribution >= 4 is 17.9 Å². The van der Waals surface area contributed by atoms with E-state index in [0.29, 0.717) is 19.3 Å². The number of carbonyl (C=O) groups is 3. The van der Waals surface area contributed by atoms with E-state index in [0.717, 1.165) is 116 Å². The number of allylic oxidation sites excluding steroid dienone is 16. The van der Waals surface area contributed by atoms with Crippen LogP contribution >= 0.6 is 0 Å². The van der Waals surface area contributed by atoms with Crippen LogP contribution in [-0.4, -0.2) is 37.2 Å². The third-order valence-electron chi connectivity index (χ3n) is 15.3. The Bertz CT molecular complexity index is 1590. The van der Waals surface area contributed by atoms with Crippen molar-refractivity contribution in [3.63, 3.8) is 0 Å². The van der Waals surface area contributed by atoms with Crippen molar-refractivity contribution in [3.8, 4) is 0 Å². The summed E-state index contributed by atoms with van der Waals surface area (Å²) in [5.41, 5.74) is 0. The highest BCUT2D eigenvalue weighted by atomic mass is 16.6. The van der Waals surface area contributed by atoms with Crippen LogP contribution in [0.3, 0.4) is 0 Å². The van der Waals surface area contributed by atoms with Crippen molar-refractivity contribution in [3.05, 3.63) is 97.2 Å². The fourth-order valence-electron chi connectivity index (χ4n) is 10.1. The first-order valence-corrected chi connectivity index (χ1v) is 35.2. The third kappa shape index (κ3) is 67.1. The van der Waals surface area contributed by atoms with Crippen molar-refractivity contribution < 1.29 is 28.6 Å². The highest BCUT2D eigenvalue weighted by Crippen LogP contribution is 2.17. The molecule has 0 aromatic carbocycles. The SMILES string of the molecule is CC/C=C\C/C=C\C/C=C\C/C=C\C/C=C\C/C=C\CCCCCCCCC(=O)OCC(COC(=O)CCCCCCCCCCC/C=C\C/C=C\CCCCC)OC(=O)CCCCCCCCCCCCCCCCCCCCCC. The molecule has 0 rings (SSSR count). The Labute approximate surface area is 508 Å². The molecule has 0 aromatic heterocycles. The molecule has 0 spiro atoms. The Morgan fingerprint density at radius 2 is 0.476 bits per heavy atom. The Morgan fingerprint density at radius 3 is 0.768 bits per heavy atom. The zero-order valence-corrected chi connectivity index (χ0v) is 54.2. The molecule has 0 saturated heterocycles. The van der Waals surface area contributed by atoms with E-state index in [1.165, 1.54) is 193 Å². The van der Waals surface area contributed by atoms with Crippen LogP contribution in [0.4, 0.5) is 0 Å². The van der Waals surface area contributed by atoms with Gasteiger partial charge in [-0.05, 0) is 103 Å². The van der Waals surface area contributed by atoms with Crippen LogP contribution < -0.4 is 0 Å². The van der Waals surface area contributed by atoms with Gasteiger partial charge in [0.1, 0.15) is 13.2 Å². The van der Waals surface area contributed by atoms with E-state index in [9.17, 15) is 14.4 Å². The summed E-state index contributed by atoms with van der Waals surface area (Å²) in [6.07, 6.45) is 94.2. The zero-order valence-electron chi connectivity index (χ0n) is 54.2. The second-order valence-corrected chi connectivity index (χ2v) is 23.4. The Balaban J connectivity index is 4.40. The van der Waals surface area contributed by atoms with Crippen molar-refractivity contribution in [2.24, 2.45) is 0 Å². The van der Waals surface area contributed by atoms with Gasteiger partial charge in [-0.15, -0.1) is 0 Å². The van der Waals surface area contributed by atoms with E-state index in [2.05, 4.69) is 118 Å². The van der Waals surface area contributed by atoms with Gasteiger partial charge in [-0.1, -0.05) is 323 Å². The van der Waals surface area contributed by atoms with E-state index in [1.54, 1.807) is 0 Å². The zero-order chi connectivity index (χ0) is 59.2. The number of hydrogen-bond donors (Lipinski definition) is 0. The molecular weight excluding hydrogens is 1010 g/mol. The van der Waals surface area contributed by atoms with E-state index < -0.39 is 6.10 Å². The predicted octanol–water partition coefficient (Wildman–Crippen LogP) is 24.4. The molecular formula is C76H132O6. The predicted molar refractivity (Wildman–Crippen MR) is 357 cm³/mol. The van der Waals surface area contributed by atoms with Gasteiger partial charge in [0.05, 0.1) is 0 Å². The Kier molecular flexibility index (Phi) is 66.7. The summed E-state index contributed by atoms with van der Waals surface area (Å²) in [6.45, 7) is 6.54. The molecule has 0 aromatic rings. The van der Waals surface area contributed by atoms with Crippen LogP contribution in [0.5, 0.6) is 0 Å². The molecule has 0 aliphatic heterocycles. The summed E-state index contributed by atoms with van der Waals surface area (Å²) in [5, 5.41) is 0. The van der Waals surface area contributed by atoms with E-state index in [4.69, 9.17) is 14.2 Å². The third-order valence-corrected chi connectivity index (χ3v) is 15.3. The largest absolute Gasteiger partial charge is 0.462 e. The maximum absolute atomic E-state index is 13.0. The smallest absolute Gasteiger partial charge is 0.306 e. The number of esters is 3. The molecule has 0 amide bonds. The van der Waals surface area contributed by atoms with Crippen molar-refractivity contribution in [2.45, 2.75) is 354 Å². The first-order chi connectivity index (χ1) is 40.5. The van der Waals surface area contributed by atoms with E-state index in [1.807, 2.05) is 0 Å². The average Bonchev–Trinajstić information content (AvgIpc) is 3.47. The minimum atomic E-state index is -0.787. The molecule has 472 valence electrons. The summed E-state index contributed by atoms with van der Waals surface area (Å²) < 4.78 is 17.0. The lowest BCUT2D eigenvalue weighted by atomic mass is 10.0. The lowest BCUT2D eigenvalue weighted by Gasteiger charge is -2.18. The molecule has 0 saturated carbocycles. The van der Waals surface area contributed by atoms with Gasteiger partial charge in [0.15, 0.2) is 6.10 Å². The van der Waals surface area contributed by atoms with Gasteiger partial charge in [0, 0.05) is 19.3 Å². The van der Waals surface area contributed by atoms with Crippen LogP contribution in [-0.2, 0) is 28.6 Å². The van der Waals surface area contributed by atoms with Crippen LogP contribution in [0.1, 0.15) is 348 Å². The van der Waals surface area contributed by atoms with Crippen LogP contribution in [0.15, 0.2) is 97.2 Å². The molecule has 0 radical (unpaired) electrons. The van der Waals surface area contributed by atoms with Gasteiger partial charge in [-0.3, -0.25) is 14.4 Å². The number of carbonyl (C=O) groups excluding carboxylic acids is 3. The minimum Gasteiger partial charge on any atom is -0.462 e.